The number of aryl methyl sites for hydroxylation is 2. The van der Waals surface area contributed by atoms with E-state index in [9.17, 15) is 13.2 Å². The molecule has 138 valence electrons. The molecule has 0 bridgehead atoms. The molecule has 6 nitrogen and oxygen atoms in total. The maximum Gasteiger partial charge on any atom is 0.272 e. The number of nitrogens with zero attached hydrogens (tertiary/aromatic N) is 3. The number of carbonyl (C=O) groups is 1. The molecule has 0 N–H and O–H groups in total. The topological polar surface area (TPSA) is 70.6 Å². The predicted octanol–water partition coefficient (Wildman–Crippen LogP) is 2.24. The van der Waals surface area contributed by atoms with E-state index in [1.807, 2.05) is 26.0 Å². The lowest BCUT2D eigenvalue weighted by Gasteiger charge is -2.22. The van der Waals surface area contributed by atoms with Gasteiger partial charge in [0, 0.05) is 32.4 Å². The van der Waals surface area contributed by atoms with E-state index in [0.717, 1.165) is 11.1 Å². The minimum atomic E-state index is -3.57. The first-order valence-corrected chi connectivity index (χ1v) is 10.1. The molecule has 1 fully saturated rings. The molecule has 0 atom stereocenters. The molecule has 1 aromatic heterocycles. The van der Waals surface area contributed by atoms with E-state index in [2.05, 4.69) is 4.98 Å². The van der Waals surface area contributed by atoms with E-state index < -0.39 is 10.0 Å². The highest BCUT2D eigenvalue weighted by atomic mass is 32.2. The van der Waals surface area contributed by atoms with Crippen LogP contribution in [0.5, 0.6) is 0 Å². The second-order valence-electron chi connectivity index (χ2n) is 6.53. The molecule has 0 radical (unpaired) electrons. The Morgan fingerprint density at radius 3 is 2.54 bits per heavy atom. The first kappa shape index (κ1) is 18.5. The van der Waals surface area contributed by atoms with E-state index in [-0.39, 0.29) is 12.5 Å². The van der Waals surface area contributed by atoms with Crippen LogP contribution in [0.25, 0.3) is 0 Å². The Hall–Kier alpha value is -2.25. The minimum absolute atomic E-state index is 0.156. The van der Waals surface area contributed by atoms with Gasteiger partial charge in [0.15, 0.2) is 0 Å². The second-order valence-corrected chi connectivity index (χ2v) is 8.44. The van der Waals surface area contributed by atoms with Crippen molar-refractivity contribution in [3.8, 4) is 0 Å². The van der Waals surface area contributed by atoms with Crippen molar-refractivity contribution in [1.82, 2.24) is 14.2 Å². The highest BCUT2D eigenvalue weighted by molar-refractivity contribution is 7.89. The summed E-state index contributed by atoms with van der Waals surface area (Å²) in [5.74, 6) is -0.156. The number of rotatable bonds is 3. The zero-order chi connectivity index (χ0) is 18.7. The van der Waals surface area contributed by atoms with Crippen LogP contribution >= 0.6 is 0 Å². The summed E-state index contributed by atoms with van der Waals surface area (Å²) in [7, 11) is -3.57. The highest BCUT2D eigenvalue weighted by Crippen LogP contribution is 2.22. The third-order valence-corrected chi connectivity index (χ3v) is 6.63. The van der Waals surface area contributed by atoms with Crippen LogP contribution in [-0.2, 0) is 10.0 Å². The number of sulfonamides is 1. The molecule has 1 aliphatic rings. The first-order chi connectivity index (χ1) is 12.4. The van der Waals surface area contributed by atoms with Crippen molar-refractivity contribution in [1.29, 1.82) is 0 Å². The molecule has 2 heterocycles. The number of carbonyl (C=O) groups excluding carboxylic acids is 1. The molecule has 2 aromatic rings. The maximum atomic E-state index is 13.0. The van der Waals surface area contributed by atoms with Gasteiger partial charge in [-0.15, -0.1) is 0 Å². The molecule has 0 spiro atoms. The normalized spacial score (nSPS) is 16.3. The van der Waals surface area contributed by atoms with Gasteiger partial charge in [0.05, 0.1) is 4.90 Å². The number of amides is 1. The molecular formula is C19H23N3O3S. The lowest BCUT2D eigenvalue weighted by molar-refractivity contribution is 0.0758. The maximum absolute atomic E-state index is 13.0. The Balaban J connectivity index is 1.77. The van der Waals surface area contributed by atoms with E-state index >= 15 is 0 Å². The Morgan fingerprint density at radius 2 is 1.85 bits per heavy atom. The van der Waals surface area contributed by atoms with E-state index in [0.29, 0.717) is 36.6 Å². The average molecular weight is 373 g/mol. The smallest absolute Gasteiger partial charge is 0.272 e. The van der Waals surface area contributed by atoms with E-state index in [1.54, 1.807) is 35.4 Å². The molecule has 26 heavy (non-hydrogen) atoms. The van der Waals surface area contributed by atoms with Gasteiger partial charge in [0.1, 0.15) is 5.69 Å². The van der Waals surface area contributed by atoms with Crippen molar-refractivity contribution in [3.63, 3.8) is 0 Å². The molecule has 3 rings (SSSR count). The average Bonchev–Trinajstić information content (AvgIpc) is 2.88. The van der Waals surface area contributed by atoms with Gasteiger partial charge in [0.2, 0.25) is 10.0 Å². The second kappa shape index (κ2) is 7.55. The summed E-state index contributed by atoms with van der Waals surface area (Å²) < 4.78 is 27.5. The largest absolute Gasteiger partial charge is 0.336 e. The summed E-state index contributed by atoms with van der Waals surface area (Å²) in [5.41, 5.74) is 2.17. The zero-order valence-corrected chi connectivity index (χ0v) is 15.9. The number of aromatic nitrogens is 1. The first-order valence-electron chi connectivity index (χ1n) is 8.67. The van der Waals surface area contributed by atoms with Crippen molar-refractivity contribution in [3.05, 3.63) is 59.4 Å². The van der Waals surface area contributed by atoms with Crippen molar-refractivity contribution in [2.45, 2.75) is 25.2 Å². The SMILES string of the molecule is Cc1ccc(S(=O)(=O)N2CCCN(C(=O)c3ccccn3)CC2)c(C)c1. The van der Waals surface area contributed by atoms with Crippen molar-refractivity contribution in [2.75, 3.05) is 26.2 Å². The van der Waals surface area contributed by atoms with E-state index in [1.165, 1.54) is 4.31 Å². The van der Waals surface area contributed by atoms with Gasteiger partial charge in [-0.05, 0) is 44.0 Å². The number of hydrogen-bond acceptors (Lipinski definition) is 4. The van der Waals surface area contributed by atoms with Crippen LogP contribution in [-0.4, -0.2) is 54.7 Å². The third-order valence-electron chi connectivity index (χ3n) is 4.57. The van der Waals surface area contributed by atoms with Crippen LogP contribution in [0, 0.1) is 13.8 Å². The summed E-state index contributed by atoms with van der Waals surface area (Å²) in [4.78, 5) is 18.7. The van der Waals surface area contributed by atoms with Crippen molar-refractivity contribution in [2.24, 2.45) is 0 Å². The van der Waals surface area contributed by atoms with Crippen molar-refractivity contribution >= 4 is 15.9 Å². The van der Waals surface area contributed by atoms with Crippen LogP contribution in [0.3, 0.4) is 0 Å². The van der Waals surface area contributed by atoms with Crippen LogP contribution in [0.1, 0.15) is 28.0 Å². The molecule has 0 unspecified atom stereocenters. The zero-order valence-electron chi connectivity index (χ0n) is 15.1. The van der Waals surface area contributed by atoms with Gasteiger partial charge >= 0.3 is 0 Å². The summed E-state index contributed by atoms with van der Waals surface area (Å²) in [5, 5.41) is 0. The summed E-state index contributed by atoms with van der Waals surface area (Å²) >= 11 is 0. The monoisotopic (exact) mass is 373 g/mol. The molecule has 7 heteroatoms. The number of hydrogen-bond donors (Lipinski definition) is 0. The van der Waals surface area contributed by atoms with E-state index in [4.69, 9.17) is 0 Å². The fourth-order valence-corrected chi connectivity index (χ4v) is 4.89. The van der Waals surface area contributed by atoms with Crippen molar-refractivity contribution < 1.29 is 13.2 Å². The quantitative estimate of drug-likeness (QED) is 0.827. The summed E-state index contributed by atoms with van der Waals surface area (Å²) in [6, 6.07) is 10.6. The molecule has 1 amide bonds. The van der Waals surface area contributed by atoms with Gasteiger partial charge in [0.25, 0.3) is 5.91 Å². The van der Waals surface area contributed by atoms with Crippen LogP contribution < -0.4 is 0 Å². The molecule has 1 aromatic carbocycles. The lowest BCUT2D eigenvalue weighted by Crippen LogP contribution is -2.37. The standard InChI is InChI=1S/C19H23N3O3S/c1-15-7-8-18(16(2)14-15)26(24,25)22-11-5-10-21(12-13-22)19(23)17-6-3-4-9-20-17/h3-4,6-9,14H,5,10-13H2,1-2H3. The number of pyridine rings is 1. The summed E-state index contributed by atoms with van der Waals surface area (Å²) in [6.45, 7) is 5.33. The molecule has 0 saturated carbocycles. The van der Waals surface area contributed by atoms with Gasteiger partial charge in [-0.1, -0.05) is 23.8 Å². The van der Waals surface area contributed by atoms with Gasteiger partial charge < -0.3 is 4.90 Å². The van der Waals surface area contributed by atoms with Gasteiger partial charge in [-0.3, -0.25) is 9.78 Å². The third kappa shape index (κ3) is 3.78. The fourth-order valence-electron chi connectivity index (χ4n) is 3.22. The molecule has 1 saturated heterocycles. The molecule has 1 aliphatic heterocycles. The minimum Gasteiger partial charge on any atom is -0.336 e. The Labute approximate surface area is 154 Å². The van der Waals surface area contributed by atoms with Crippen LogP contribution in [0.4, 0.5) is 0 Å². The Kier molecular flexibility index (Phi) is 5.38. The van der Waals surface area contributed by atoms with Gasteiger partial charge in [-0.25, -0.2) is 8.42 Å². The van der Waals surface area contributed by atoms with Crippen LogP contribution in [0.2, 0.25) is 0 Å². The lowest BCUT2D eigenvalue weighted by atomic mass is 10.2. The van der Waals surface area contributed by atoms with Crippen LogP contribution in [0.15, 0.2) is 47.5 Å². The fraction of sp³-hybridized carbons (Fsp3) is 0.368. The molecule has 0 aliphatic carbocycles. The highest BCUT2D eigenvalue weighted by Gasteiger charge is 2.29. The van der Waals surface area contributed by atoms with Gasteiger partial charge in [-0.2, -0.15) is 4.31 Å². The molecular weight excluding hydrogens is 350 g/mol. The number of benzene rings is 1. The Morgan fingerprint density at radius 1 is 1.04 bits per heavy atom. The Bertz CT molecular complexity index is 898. The summed E-state index contributed by atoms with van der Waals surface area (Å²) in [6.07, 6.45) is 2.19. The predicted molar refractivity (Wildman–Crippen MR) is 99.4 cm³/mol.